The van der Waals surface area contributed by atoms with Crippen LogP contribution in [0.5, 0.6) is 5.88 Å². The molecule has 0 spiro atoms. The summed E-state index contributed by atoms with van der Waals surface area (Å²) in [5.74, 6) is 0.618. The Kier molecular flexibility index (Phi) is 3.49. The lowest BCUT2D eigenvalue weighted by Crippen LogP contribution is -2.36. The van der Waals surface area contributed by atoms with Crippen LogP contribution >= 0.6 is 0 Å². The maximum atomic E-state index is 12.6. The van der Waals surface area contributed by atoms with Gasteiger partial charge in [0.25, 0.3) is 0 Å². The number of nitrogens with zero attached hydrogens (tertiary/aromatic N) is 3. The molecule has 0 fully saturated rings. The van der Waals surface area contributed by atoms with E-state index in [0.717, 1.165) is 28.2 Å². The van der Waals surface area contributed by atoms with E-state index in [9.17, 15) is 4.79 Å². The molecule has 0 radical (unpaired) electrons. The van der Waals surface area contributed by atoms with E-state index in [0.29, 0.717) is 18.8 Å². The number of hydrogen-bond donors (Lipinski definition) is 1. The number of aromatic amines is 1. The van der Waals surface area contributed by atoms with Gasteiger partial charge in [-0.1, -0.05) is 18.2 Å². The number of anilines is 1. The Bertz CT molecular complexity index is 872. The Morgan fingerprint density at radius 2 is 2.00 bits per heavy atom. The van der Waals surface area contributed by atoms with Gasteiger partial charge in [0.1, 0.15) is 0 Å². The predicted molar refractivity (Wildman–Crippen MR) is 89.7 cm³/mol. The molecule has 6 nitrogen and oxygen atoms in total. The Morgan fingerprint density at radius 1 is 1.17 bits per heavy atom. The summed E-state index contributed by atoms with van der Waals surface area (Å²) in [6.45, 7) is 0.495. The number of pyridine rings is 1. The second-order valence-electron chi connectivity index (χ2n) is 5.61. The van der Waals surface area contributed by atoms with Crippen molar-refractivity contribution in [1.29, 1.82) is 0 Å². The Morgan fingerprint density at radius 3 is 2.71 bits per heavy atom. The molecule has 3 aromatic rings. The third-order valence-corrected chi connectivity index (χ3v) is 4.18. The Hall–Kier alpha value is -3.15. The number of H-pyrrole nitrogens is 1. The van der Waals surface area contributed by atoms with Crippen molar-refractivity contribution in [1.82, 2.24) is 15.2 Å². The molecule has 4 rings (SSSR count). The average molecular weight is 320 g/mol. The van der Waals surface area contributed by atoms with E-state index in [1.807, 2.05) is 36.4 Å². The van der Waals surface area contributed by atoms with Gasteiger partial charge < -0.3 is 9.64 Å². The van der Waals surface area contributed by atoms with Crippen LogP contribution in [-0.4, -0.2) is 28.2 Å². The lowest BCUT2D eigenvalue weighted by molar-refractivity contribution is -0.118. The van der Waals surface area contributed by atoms with Crippen LogP contribution in [0.4, 0.5) is 5.69 Å². The van der Waals surface area contributed by atoms with Crippen molar-refractivity contribution in [3.63, 3.8) is 0 Å². The van der Waals surface area contributed by atoms with E-state index >= 15 is 0 Å². The number of ether oxygens (including phenoxy) is 1. The van der Waals surface area contributed by atoms with Crippen LogP contribution in [0, 0.1) is 0 Å². The first kappa shape index (κ1) is 14.4. The third-order valence-electron chi connectivity index (χ3n) is 4.18. The second-order valence-corrected chi connectivity index (χ2v) is 5.61. The number of nitrogens with one attached hydrogen (secondary N) is 1. The quantitative estimate of drug-likeness (QED) is 0.805. The normalized spacial score (nSPS) is 13.7. The summed E-state index contributed by atoms with van der Waals surface area (Å²) in [7, 11) is 1.58. The van der Waals surface area contributed by atoms with Gasteiger partial charge in [0.15, 0.2) is 0 Å². The topological polar surface area (TPSA) is 71.1 Å². The number of aromatic nitrogens is 3. The number of amides is 1. The average Bonchev–Trinajstić information content (AvgIpc) is 3.04. The summed E-state index contributed by atoms with van der Waals surface area (Å²) >= 11 is 0. The first-order valence-electron chi connectivity index (χ1n) is 7.68. The highest BCUT2D eigenvalue weighted by Crippen LogP contribution is 2.30. The number of carbonyl (C=O) groups is 1. The number of methoxy groups -OCH3 is 1. The van der Waals surface area contributed by atoms with Gasteiger partial charge in [0.2, 0.25) is 11.8 Å². The van der Waals surface area contributed by atoms with Gasteiger partial charge in [-0.2, -0.15) is 5.10 Å². The van der Waals surface area contributed by atoms with Crippen molar-refractivity contribution in [2.24, 2.45) is 0 Å². The largest absolute Gasteiger partial charge is 0.481 e. The molecule has 2 aromatic heterocycles. The van der Waals surface area contributed by atoms with Gasteiger partial charge in [-0.05, 0) is 18.2 Å². The van der Waals surface area contributed by atoms with E-state index < -0.39 is 0 Å². The molecule has 0 saturated heterocycles. The first-order valence-corrected chi connectivity index (χ1v) is 7.68. The minimum Gasteiger partial charge on any atom is -0.481 e. The smallest absolute Gasteiger partial charge is 0.231 e. The van der Waals surface area contributed by atoms with Crippen LogP contribution in [0.25, 0.3) is 11.3 Å². The second kappa shape index (κ2) is 5.81. The van der Waals surface area contributed by atoms with E-state index in [1.165, 1.54) is 0 Å². The van der Waals surface area contributed by atoms with Gasteiger partial charge >= 0.3 is 0 Å². The third kappa shape index (κ3) is 2.42. The van der Waals surface area contributed by atoms with Crippen molar-refractivity contribution in [3.05, 3.63) is 59.9 Å². The highest BCUT2D eigenvalue weighted by molar-refractivity contribution is 5.97. The summed E-state index contributed by atoms with van der Waals surface area (Å²) in [4.78, 5) is 18.6. The highest BCUT2D eigenvalue weighted by Gasteiger charge is 2.28. The molecule has 1 N–H and O–H groups in total. The van der Waals surface area contributed by atoms with Crippen LogP contribution in [0.2, 0.25) is 0 Å². The maximum Gasteiger partial charge on any atom is 0.231 e. The van der Waals surface area contributed by atoms with Crippen molar-refractivity contribution in [2.75, 3.05) is 12.0 Å². The standard InChI is InChI=1S/C18H16N4O2/c1-24-16-8-7-12(10-19-16)18-14-9-17(23)22(11-15(14)20-21-18)13-5-3-2-4-6-13/h2-8,10H,9,11H2,1H3,(H,20,21). The molecule has 0 saturated carbocycles. The zero-order valence-electron chi connectivity index (χ0n) is 13.2. The van der Waals surface area contributed by atoms with Crippen LogP contribution in [0.3, 0.4) is 0 Å². The van der Waals surface area contributed by atoms with Gasteiger partial charge in [-0.3, -0.25) is 9.89 Å². The minimum absolute atomic E-state index is 0.0674. The summed E-state index contributed by atoms with van der Waals surface area (Å²) < 4.78 is 5.08. The lowest BCUT2D eigenvalue weighted by Gasteiger charge is -2.27. The Labute approximate surface area is 139 Å². The van der Waals surface area contributed by atoms with Crippen molar-refractivity contribution in [3.8, 4) is 17.1 Å². The molecule has 3 heterocycles. The number of carbonyl (C=O) groups excluding carboxylic acids is 1. The molecular weight excluding hydrogens is 304 g/mol. The van der Waals surface area contributed by atoms with Crippen molar-refractivity contribution < 1.29 is 9.53 Å². The fourth-order valence-electron chi connectivity index (χ4n) is 2.94. The SMILES string of the molecule is COc1ccc(-c2n[nH]c3c2CC(=O)N(c2ccccc2)C3)cn1. The summed E-state index contributed by atoms with van der Waals surface area (Å²) in [6, 6.07) is 13.4. The summed E-state index contributed by atoms with van der Waals surface area (Å²) in [6.07, 6.45) is 2.03. The van der Waals surface area contributed by atoms with Gasteiger partial charge in [-0.25, -0.2) is 4.98 Å². The van der Waals surface area contributed by atoms with E-state index in [-0.39, 0.29) is 5.91 Å². The van der Waals surface area contributed by atoms with Gasteiger partial charge in [-0.15, -0.1) is 0 Å². The van der Waals surface area contributed by atoms with E-state index in [4.69, 9.17) is 4.74 Å². The maximum absolute atomic E-state index is 12.6. The summed E-state index contributed by atoms with van der Waals surface area (Å²) in [5.41, 5.74) is 4.45. The number of para-hydroxylation sites is 1. The number of benzene rings is 1. The Balaban J connectivity index is 1.67. The van der Waals surface area contributed by atoms with E-state index in [1.54, 1.807) is 24.3 Å². The first-order chi connectivity index (χ1) is 11.8. The molecule has 6 heteroatoms. The van der Waals surface area contributed by atoms with Crippen molar-refractivity contribution >= 4 is 11.6 Å². The summed E-state index contributed by atoms with van der Waals surface area (Å²) in [5, 5.41) is 7.47. The van der Waals surface area contributed by atoms with Crippen molar-refractivity contribution in [2.45, 2.75) is 13.0 Å². The zero-order chi connectivity index (χ0) is 16.5. The van der Waals surface area contributed by atoms with Gasteiger partial charge in [0.05, 0.1) is 31.5 Å². The van der Waals surface area contributed by atoms with Crippen LogP contribution in [0.15, 0.2) is 48.7 Å². The monoisotopic (exact) mass is 320 g/mol. The van der Waals surface area contributed by atoms with Crippen LogP contribution in [-0.2, 0) is 17.8 Å². The van der Waals surface area contributed by atoms with E-state index in [2.05, 4.69) is 15.2 Å². The molecule has 1 aliphatic heterocycles. The molecule has 24 heavy (non-hydrogen) atoms. The molecule has 120 valence electrons. The fourth-order valence-corrected chi connectivity index (χ4v) is 2.94. The fraction of sp³-hybridized carbons (Fsp3) is 0.167. The van der Waals surface area contributed by atoms with Crippen LogP contribution < -0.4 is 9.64 Å². The molecular formula is C18H16N4O2. The minimum atomic E-state index is 0.0674. The molecule has 0 unspecified atom stereocenters. The van der Waals surface area contributed by atoms with Crippen LogP contribution in [0.1, 0.15) is 11.3 Å². The highest BCUT2D eigenvalue weighted by atomic mass is 16.5. The molecule has 0 atom stereocenters. The number of fused-ring (bicyclic) bond motifs is 1. The molecule has 0 bridgehead atoms. The number of hydrogen-bond acceptors (Lipinski definition) is 4. The molecule has 1 amide bonds. The molecule has 1 aromatic carbocycles. The predicted octanol–water partition coefficient (Wildman–Crippen LogP) is 2.57. The lowest BCUT2D eigenvalue weighted by atomic mass is 10.00. The molecule has 1 aliphatic rings. The van der Waals surface area contributed by atoms with Gasteiger partial charge in [0, 0.05) is 29.1 Å². The number of rotatable bonds is 3. The molecule has 0 aliphatic carbocycles. The zero-order valence-corrected chi connectivity index (χ0v) is 13.2.